The van der Waals surface area contributed by atoms with E-state index in [1.165, 1.54) is 20.0 Å². The molecule has 0 bridgehead atoms. The van der Waals surface area contributed by atoms with Gasteiger partial charge in [-0.15, -0.1) is 5.10 Å². The van der Waals surface area contributed by atoms with E-state index in [-0.39, 0.29) is 23.7 Å². The Kier molecular flexibility index (Phi) is 6.87. The molecule has 4 rings (SSSR count). The molecule has 2 fully saturated rings. The van der Waals surface area contributed by atoms with E-state index in [0.717, 1.165) is 31.4 Å². The summed E-state index contributed by atoms with van der Waals surface area (Å²) in [4.78, 5) is 27.2. The maximum atomic E-state index is 13.1. The van der Waals surface area contributed by atoms with Gasteiger partial charge in [0.05, 0.1) is 25.4 Å². The molecule has 1 aromatic heterocycles. The number of nitrogens with one attached hydrogen (secondary N) is 1. The molecule has 1 aromatic carbocycles. The van der Waals surface area contributed by atoms with Gasteiger partial charge in [-0.05, 0) is 43.4 Å². The standard InChI is InChI=1S/C22H28ClN5O3/c1-31-22(30)19-14-28(26-25-19)18-12-20(27(13-18)17-7-2-3-8-17)21(29)24-10-9-15-5-4-6-16(23)11-15/h4-6,11,14,17-18,20H,2-3,7-10,12-13H2,1H3,(H,24,29)/t18-,20-/m0/s1. The average molecular weight is 446 g/mol. The number of esters is 1. The van der Waals surface area contributed by atoms with Crippen LogP contribution >= 0.6 is 11.6 Å². The van der Waals surface area contributed by atoms with E-state index >= 15 is 0 Å². The van der Waals surface area contributed by atoms with Crippen molar-refractivity contribution < 1.29 is 14.3 Å². The van der Waals surface area contributed by atoms with Gasteiger partial charge in [-0.1, -0.05) is 41.8 Å². The zero-order valence-corrected chi connectivity index (χ0v) is 18.4. The van der Waals surface area contributed by atoms with Gasteiger partial charge in [-0.2, -0.15) is 0 Å². The summed E-state index contributed by atoms with van der Waals surface area (Å²) in [7, 11) is 1.32. The van der Waals surface area contributed by atoms with Crippen molar-refractivity contribution in [2.45, 2.75) is 56.7 Å². The summed E-state index contributed by atoms with van der Waals surface area (Å²) in [5.41, 5.74) is 1.28. The molecule has 1 aliphatic carbocycles. The van der Waals surface area contributed by atoms with Crippen LogP contribution in [0.5, 0.6) is 0 Å². The molecule has 2 aliphatic rings. The predicted molar refractivity (Wildman–Crippen MR) is 116 cm³/mol. The molecular formula is C22H28ClN5O3. The highest BCUT2D eigenvalue weighted by Gasteiger charge is 2.42. The number of carbonyl (C=O) groups excluding carboxylic acids is 2. The fourth-order valence-corrected chi connectivity index (χ4v) is 4.93. The average Bonchev–Trinajstić information content (AvgIpc) is 3.53. The van der Waals surface area contributed by atoms with Crippen molar-refractivity contribution in [3.63, 3.8) is 0 Å². The molecule has 2 atom stereocenters. The van der Waals surface area contributed by atoms with Crippen molar-refractivity contribution in [1.29, 1.82) is 0 Å². The summed E-state index contributed by atoms with van der Waals surface area (Å²) in [5.74, 6) is -0.461. The number of likely N-dealkylation sites (tertiary alicyclic amines) is 1. The lowest BCUT2D eigenvalue weighted by Crippen LogP contribution is -2.47. The Bertz CT molecular complexity index is 927. The molecule has 2 aromatic rings. The van der Waals surface area contributed by atoms with E-state index in [2.05, 4.69) is 20.5 Å². The van der Waals surface area contributed by atoms with Crippen LogP contribution < -0.4 is 5.32 Å². The van der Waals surface area contributed by atoms with Crippen molar-refractivity contribution in [2.24, 2.45) is 0 Å². The summed E-state index contributed by atoms with van der Waals surface area (Å²) >= 11 is 6.05. The third-order valence-corrected chi connectivity index (χ3v) is 6.53. The first-order valence-corrected chi connectivity index (χ1v) is 11.2. The molecule has 166 valence electrons. The fourth-order valence-electron chi connectivity index (χ4n) is 4.72. The molecule has 1 aliphatic heterocycles. The van der Waals surface area contributed by atoms with E-state index in [9.17, 15) is 9.59 Å². The van der Waals surface area contributed by atoms with Crippen LogP contribution in [0.4, 0.5) is 0 Å². The van der Waals surface area contributed by atoms with Crippen LogP contribution in [0.1, 0.15) is 54.2 Å². The van der Waals surface area contributed by atoms with E-state index in [1.54, 1.807) is 10.9 Å². The second kappa shape index (κ2) is 9.78. The number of benzene rings is 1. The van der Waals surface area contributed by atoms with E-state index in [0.29, 0.717) is 24.0 Å². The van der Waals surface area contributed by atoms with E-state index < -0.39 is 5.97 Å². The monoisotopic (exact) mass is 445 g/mol. The molecule has 1 N–H and O–H groups in total. The quantitative estimate of drug-likeness (QED) is 0.659. The summed E-state index contributed by atoms with van der Waals surface area (Å²) in [6, 6.07) is 7.90. The molecule has 0 radical (unpaired) electrons. The molecular weight excluding hydrogens is 418 g/mol. The smallest absolute Gasteiger partial charge is 0.360 e. The number of rotatable bonds is 7. The SMILES string of the molecule is COC(=O)c1cn([C@H]2C[C@@H](C(=O)NCCc3cccc(Cl)c3)N(C3CCCC3)C2)nn1. The van der Waals surface area contributed by atoms with Gasteiger partial charge in [0.1, 0.15) is 0 Å². The van der Waals surface area contributed by atoms with Gasteiger partial charge in [-0.25, -0.2) is 9.48 Å². The number of amides is 1. The van der Waals surface area contributed by atoms with Crippen molar-refractivity contribution in [3.8, 4) is 0 Å². The van der Waals surface area contributed by atoms with Crippen molar-refractivity contribution in [1.82, 2.24) is 25.2 Å². The Morgan fingerprint density at radius 1 is 1.26 bits per heavy atom. The zero-order valence-electron chi connectivity index (χ0n) is 17.7. The molecule has 1 saturated carbocycles. The lowest BCUT2D eigenvalue weighted by Gasteiger charge is -2.29. The minimum Gasteiger partial charge on any atom is -0.464 e. The Morgan fingerprint density at radius 2 is 2.06 bits per heavy atom. The van der Waals surface area contributed by atoms with Crippen LogP contribution in [0.25, 0.3) is 0 Å². The number of hydrogen-bond donors (Lipinski definition) is 1. The first kappa shape index (κ1) is 21.8. The molecule has 31 heavy (non-hydrogen) atoms. The molecule has 0 unspecified atom stereocenters. The number of nitrogens with zero attached hydrogens (tertiary/aromatic N) is 4. The van der Waals surface area contributed by atoms with Gasteiger partial charge in [0.25, 0.3) is 0 Å². The summed E-state index contributed by atoms with van der Waals surface area (Å²) in [5, 5.41) is 11.9. The van der Waals surface area contributed by atoms with Gasteiger partial charge in [0.2, 0.25) is 5.91 Å². The molecule has 8 nitrogen and oxygen atoms in total. The Balaban J connectivity index is 1.41. The van der Waals surface area contributed by atoms with Crippen LogP contribution in [0.2, 0.25) is 5.02 Å². The number of hydrogen-bond acceptors (Lipinski definition) is 6. The largest absolute Gasteiger partial charge is 0.464 e. The third kappa shape index (κ3) is 5.07. The number of ether oxygens (including phenoxy) is 1. The molecule has 0 spiro atoms. The number of aromatic nitrogens is 3. The van der Waals surface area contributed by atoms with Gasteiger partial charge >= 0.3 is 5.97 Å². The number of methoxy groups -OCH3 is 1. The fraction of sp³-hybridized carbons (Fsp3) is 0.545. The summed E-state index contributed by atoms with van der Waals surface area (Å²) in [6.07, 6.45) is 7.62. The minimum atomic E-state index is -0.507. The predicted octanol–water partition coefficient (Wildman–Crippen LogP) is 2.64. The van der Waals surface area contributed by atoms with Crippen LogP contribution in [-0.2, 0) is 16.0 Å². The van der Waals surface area contributed by atoms with E-state index in [4.69, 9.17) is 16.3 Å². The van der Waals surface area contributed by atoms with Crippen molar-refractivity contribution >= 4 is 23.5 Å². The third-order valence-electron chi connectivity index (χ3n) is 6.29. The topological polar surface area (TPSA) is 89.4 Å². The second-order valence-corrected chi connectivity index (χ2v) is 8.72. The first-order valence-electron chi connectivity index (χ1n) is 10.8. The highest BCUT2D eigenvalue weighted by molar-refractivity contribution is 6.30. The molecule has 9 heteroatoms. The molecule has 1 amide bonds. The van der Waals surface area contributed by atoms with E-state index in [1.807, 2.05) is 24.3 Å². The second-order valence-electron chi connectivity index (χ2n) is 8.29. The number of carbonyl (C=O) groups is 2. The van der Waals surface area contributed by atoms with Crippen molar-refractivity contribution in [2.75, 3.05) is 20.2 Å². The zero-order chi connectivity index (χ0) is 21.8. The maximum Gasteiger partial charge on any atom is 0.360 e. The summed E-state index contributed by atoms with van der Waals surface area (Å²) < 4.78 is 6.43. The van der Waals surface area contributed by atoms with Gasteiger partial charge in [0, 0.05) is 24.2 Å². The van der Waals surface area contributed by atoms with Crippen LogP contribution in [-0.4, -0.2) is 64.1 Å². The first-order chi connectivity index (χ1) is 15.0. The van der Waals surface area contributed by atoms with Gasteiger partial charge in [0.15, 0.2) is 5.69 Å². The minimum absolute atomic E-state index is 0.00446. The molecule has 2 heterocycles. The van der Waals surface area contributed by atoms with Gasteiger partial charge < -0.3 is 10.1 Å². The van der Waals surface area contributed by atoms with Gasteiger partial charge in [-0.3, -0.25) is 9.69 Å². The lowest BCUT2D eigenvalue weighted by molar-refractivity contribution is -0.126. The van der Waals surface area contributed by atoms with Crippen LogP contribution in [0.3, 0.4) is 0 Å². The Labute approximate surface area is 186 Å². The molecule has 1 saturated heterocycles. The lowest BCUT2D eigenvalue weighted by atomic mass is 10.1. The number of halogens is 1. The highest BCUT2D eigenvalue weighted by Crippen LogP contribution is 2.34. The normalized spacial score (nSPS) is 22.0. The van der Waals surface area contributed by atoms with Crippen molar-refractivity contribution in [3.05, 3.63) is 46.7 Å². The Hall–Kier alpha value is -2.45. The summed E-state index contributed by atoms with van der Waals surface area (Å²) in [6.45, 7) is 1.29. The van der Waals surface area contributed by atoms with Crippen LogP contribution in [0.15, 0.2) is 30.5 Å². The highest BCUT2D eigenvalue weighted by atomic mass is 35.5. The van der Waals surface area contributed by atoms with Crippen LogP contribution in [0, 0.1) is 0 Å². The maximum absolute atomic E-state index is 13.1. The Morgan fingerprint density at radius 3 is 2.81 bits per heavy atom.